The Labute approximate surface area is 495 Å². The van der Waals surface area contributed by atoms with E-state index in [1.54, 1.807) is 12.1 Å². The van der Waals surface area contributed by atoms with E-state index in [4.69, 9.17) is 5.11 Å². The molecular weight excluding hydrogens is 1470 g/mol. The van der Waals surface area contributed by atoms with Crippen molar-refractivity contribution in [2.45, 2.75) is 104 Å². The molecule has 10 nitrogen and oxygen atoms in total. The number of carbonyl (C=O) groups is 3. The average molecular weight is 1520 g/mol. The summed E-state index contributed by atoms with van der Waals surface area (Å²) >= 11 is 18.3. The molecule has 5 aromatic rings. The number of alkyl halides is 12. The zero-order valence-corrected chi connectivity index (χ0v) is 48.7. The first kappa shape index (κ1) is 70.8. The smallest absolute Gasteiger partial charge is 0.430 e. The van der Waals surface area contributed by atoms with Gasteiger partial charge in [0, 0.05) is 62.8 Å². The van der Waals surface area contributed by atoms with E-state index in [9.17, 15) is 67.1 Å². The third-order valence-corrected chi connectivity index (χ3v) is 13.4. The molecule has 0 aromatic heterocycles. The van der Waals surface area contributed by atoms with Crippen molar-refractivity contribution < 1.29 is 86.4 Å². The van der Waals surface area contributed by atoms with Gasteiger partial charge in [0.1, 0.15) is 0 Å². The second-order valence-corrected chi connectivity index (χ2v) is 19.7. The van der Waals surface area contributed by atoms with Gasteiger partial charge < -0.3 is 19.3 Å². The molecule has 3 amide bonds. The molecule has 4 aliphatic rings. The molecule has 9 rings (SSSR count). The van der Waals surface area contributed by atoms with Crippen LogP contribution < -0.4 is 16.0 Å². The number of anilines is 3. The van der Waals surface area contributed by atoms with E-state index in [-0.39, 0.29) is 54.2 Å². The number of para-hydroxylation sites is 1. The van der Waals surface area contributed by atoms with Crippen LogP contribution in [0.5, 0.6) is 0 Å². The van der Waals surface area contributed by atoms with Gasteiger partial charge in [0.2, 0.25) is 18.3 Å². The van der Waals surface area contributed by atoms with Crippen molar-refractivity contribution in [2.75, 3.05) is 16.0 Å². The second kappa shape index (κ2) is 30.6. The van der Waals surface area contributed by atoms with Crippen molar-refractivity contribution in [1.29, 1.82) is 0 Å². The van der Waals surface area contributed by atoms with E-state index >= 15 is 0 Å². The first-order valence-corrected chi connectivity index (χ1v) is 28.6. The molecule has 434 valence electrons. The van der Waals surface area contributed by atoms with Crippen LogP contribution in [-0.4, -0.2) is 48.1 Å². The van der Waals surface area contributed by atoms with Crippen molar-refractivity contribution in [3.63, 3.8) is 0 Å². The molecule has 0 spiro atoms. The Morgan fingerprint density at radius 1 is 0.544 bits per heavy atom. The maximum atomic E-state index is 13.2. The lowest BCUT2D eigenvalue weighted by molar-refractivity contribution is -0.207. The molecule has 3 heterocycles. The first-order chi connectivity index (χ1) is 35.9. The van der Waals surface area contributed by atoms with Crippen LogP contribution >= 0.6 is 92.0 Å². The van der Waals surface area contributed by atoms with Gasteiger partial charge in [-0.15, -0.1) is 0 Å². The number of aliphatic hydroxyl groups is 1. The van der Waals surface area contributed by atoms with Crippen molar-refractivity contribution in [2.24, 2.45) is 0 Å². The van der Waals surface area contributed by atoms with E-state index in [1.165, 1.54) is 77.6 Å². The highest BCUT2D eigenvalue weighted by Crippen LogP contribution is 2.48. The molecule has 0 fully saturated rings. The quantitative estimate of drug-likeness (QED) is 0.102. The van der Waals surface area contributed by atoms with E-state index in [0.717, 1.165) is 36.8 Å². The van der Waals surface area contributed by atoms with Crippen LogP contribution in [0.25, 0.3) is 5.57 Å². The first-order valence-electron chi connectivity index (χ1n) is 21.8. The van der Waals surface area contributed by atoms with Crippen LogP contribution in [0.3, 0.4) is 0 Å². The lowest BCUT2D eigenvalue weighted by atomic mass is 9.91. The summed E-state index contributed by atoms with van der Waals surface area (Å²) < 4.78 is 167. The van der Waals surface area contributed by atoms with Gasteiger partial charge in [-0.1, -0.05) is 113 Å². The fourth-order valence-corrected chi connectivity index (χ4v) is 9.51. The molecule has 5 aromatic carbocycles. The summed E-state index contributed by atoms with van der Waals surface area (Å²) in [5.74, 6) is 0. The van der Waals surface area contributed by atoms with Crippen LogP contribution in [0.4, 0.5) is 84.1 Å². The fraction of sp³-hybridized carbons (Fsp3) is 0.314. The molecule has 0 saturated carbocycles. The molecule has 1 aliphatic carbocycles. The highest BCUT2D eigenvalue weighted by Gasteiger charge is 2.50. The van der Waals surface area contributed by atoms with E-state index < -0.39 is 67.4 Å². The Morgan fingerprint density at radius 2 is 0.987 bits per heavy atom. The number of aryl methyl sites for hydroxylation is 2. The minimum absolute atomic E-state index is 0. The lowest BCUT2D eigenvalue weighted by Gasteiger charge is -2.29. The maximum absolute atomic E-state index is 13.2. The number of hydrogen-bond acceptors (Lipinski definition) is 7. The summed E-state index contributed by atoms with van der Waals surface area (Å²) in [5.41, 5.74) is 3.45. The third kappa shape index (κ3) is 20.2. The number of fused-ring (bicyclic) bond motifs is 3. The molecule has 28 heteroatoms. The molecule has 3 aliphatic heterocycles. The monoisotopic (exact) mass is 1510 g/mol. The average Bonchev–Trinajstić information content (AvgIpc) is 3.36. The Balaban J connectivity index is 0.000000342. The molecule has 0 saturated heterocycles. The number of benzene rings is 5. The number of cyclic esters (lactones) is 3. The van der Waals surface area contributed by atoms with E-state index in [2.05, 4.69) is 141 Å². The molecule has 0 radical (unpaired) electrons. The largest absolute Gasteiger partial charge is 0.431 e. The number of aliphatic hydroxyl groups excluding tert-OH is 1. The van der Waals surface area contributed by atoms with Crippen LogP contribution in [0.15, 0.2) is 121 Å². The van der Waals surface area contributed by atoms with Gasteiger partial charge in [-0.25, -0.2) is 14.4 Å². The molecule has 4 atom stereocenters. The number of nitrogens with one attached hydrogen (secondary N) is 3. The summed E-state index contributed by atoms with van der Waals surface area (Å²) in [6.45, 7) is 3.61. The Bertz CT molecular complexity index is 2890. The van der Waals surface area contributed by atoms with Crippen LogP contribution in [0.2, 0.25) is 0 Å². The number of amides is 3. The van der Waals surface area contributed by atoms with Crippen LogP contribution in [0.1, 0.15) is 104 Å². The maximum Gasteiger partial charge on any atom is 0.430 e. The normalized spacial score (nSPS) is 17.4. The zero-order valence-electron chi connectivity index (χ0n) is 39.2. The number of halogens is 18. The summed E-state index contributed by atoms with van der Waals surface area (Å²) in [6, 6.07) is 25.7. The van der Waals surface area contributed by atoms with Gasteiger partial charge >= 0.3 is 43.0 Å². The number of allylic oxidation sites excluding steroid dienone is 2. The predicted molar refractivity (Wildman–Crippen MR) is 298 cm³/mol. The molecular formula is C51H47Br6F12N3O7. The zero-order chi connectivity index (χ0) is 57.8. The summed E-state index contributed by atoms with van der Waals surface area (Å²) in [7, 11) is 0. The van der Waals surface area contributed by atoms with Gasteiger partial charge in [0.05, 0.1) is 17.1 Å². The number of carbonyl (C=O) groups excluding carboxylic acids is 3. The number of ether oxygens (including phenoxy) is 3. The second-order valence-electron chi connectivity index (χ2n) is 16.2. The van der Waals surface area contributed by atoms with Crippen molar-refractivity contribution >= 4 is 133 Å². The van der Waals surface area contributed by atoms with E-state index in [1.807, 2.05) is 18.2 Å². The van der Waals surface area contributed by atoms with Gasteiger partial charge in [0.25, 0.3) is 0 Å². The van der Waals surface area contributed by atoms with Crippen molar-refractivity contribution in [3.8, 4) is 0 Å². The van der Waals surface area contributed by atoms with Gasteiger partial charge in [-0.3, -0.25) is 16.0 Å². The van der Waals surface area contributed by atoms with Crippen molar-refractivity contribution in [3.05, 3.63) is 160 Å². The Kier molecular flexibility index (Phi) is 27.4. The van der Waals surface area contributed by atoms with Gasteiger partial charge in [-0.2, -0.15) is 52.7 Å². The van der Waals surface area contributed by atoms with Crippen molar-refractivity contribution in [1.82, 2.24) is 0 Å². The summed E-state index contributed by atoms with van der Waals surface area (Å²) in [5, 5.41) is 15.7. The molecule has 79 heavy (non-hydrogen) atoms. The summed E-state index contributed by atoms with van der Waals surface area (Å²) in [4.78, 5) is 33.3. The number of rotatable bonds is 2. The van der Waals surface area contributed by atoms with Gasteiger partial charge in [-0.05, 0) is 136 Å². The minimum Gasteiger partial charge on any atom is -0.431 e. The minimum atomic E-state index is -4.65. The lowest BCUT2D eigenvalue weighted by Crippen LogP contribution is -2.33. The SMILES string of the molecule is BrBr.C.C.Cc1ccccc1Br.Cc1ccccc1C(O)C(F)(F)F.O=C1Nc2c(Br)cc(Br)cc2C(C(F)(F)F)O1.O=C1Nc2c(Br)cc(C3=CCCCC3)cc2C(C(F)(F)F)O1.O=C1Nc2ccccc2C(C(F)(F)F)O1. The molecule has 4 unspecified atom stereocenters. The highest BCUT2D eigenvalue weighted by molar-refractivity contribution is 9.93. The summed E-state index contributed by atoms with van der Waals surface area (Å²) in [6.07, 6.45) is -24.9. The number of hydrogen-bond donors (Lipinski definition) is 4. The fourth-order valence-electron chi connectivity index (χ4n) is 7.29. The Morgan fingerprint density at radius 3 is 1.44 bits per heavy atom. The standard InChI is InChI=1S/C15H13BrF3NO2.C9H4Br2F3NO2.C9H6F3NO2.C9H9F3O.C7H7Br.2CH4.Br2/c16-11-7-9(8-4-2-1-3-5-8)6-10-12(11)20-14(21)22-13(10)15(17,18)19;10-3-1-4-6(5(11)2-3)15-8(16)17-7(4)9(12,13)14;10-9(11,12)7-5-3-1-2-4-6(5)13-8(14)15-7;1-6-4-2-3-5-7(6)8(13)9(10,11)12;1-6-4-2-3-5-7(6)8;;;1-2/h4,6-7,13H,1-3,5H2,(H,20,21);1-2,7H,(H,15,16);1-4,7H,(H,13,14);2-5,8,13H,1H3;2-5H,1H3;2*1H4;. The topological polar surface area (TPSA) is 135 Å². The van der Waals surface area contributed by atoms with Crippen LogP contribution in [-0.2, 0) is 14.2 Å². The molecule has 4 N–H and O–H groups in total. The van der Waals surface area contributed by atoms with Gasteiger partial charge in [0.15, 0.2) is 6.10 Å². The Hall–Kier alpha value is -4.35. The highest BCUT2D eigenvalue weighted by atomic mass is 80.9. The van der Waals surface area contributed by atoms with E-state index in [0.29, 0.717) is 19.0 Å². The third-order valence-electron chi connectivity index (χ3n) is 10.8. The molecule has 0 bridgehead atoms. The van der Waals surface area contributed by atoms with Crippen LogP contribution in [0, 0.1) is 13.8 Å². The predicted octanol–water partition coefficient (Wildman–Crippen LogP) is 21.1.